The zero-order chi connectivity index (χ0) is 12.8. The number of benzene rings is 1. The molecule has 17 heavy (non-hydrogen) atoms. The van der Waals surface area contributed by atoms with Crippen molar-refractivity contribution in [3.8, 4) is 0 Å². The Kier molecular flexibility index (Phi) is 5.12. The van der Waals surface area contributed by atoms with E-state index in [2.05, 4.69) is 0 Å². The lowest BCUT2D eigenvalue weighted by Crippen LogP contribution is -2.28. The number of hydrogen-bond acceptors (Lipinski definition) is 3. The van der Waals surface area contributed by atoms with Crippen LogP contribution >= 0.6 is 0 Å². The Morgan fingerprint density at radius 2 is 1.94 bits per heavy atom. The van der Waals surface area contributed by atoms with E-state index in [1.165, 1.54) is 0 Å². The van der Waals surface area contributed by atoms with Gasteiger partial charge >= 0.3 is 5.97 Å². The molecule has 1 rings (SSSR count). The van der Waals surface area contributed by atoms with Crippen molar-refractivity contribution < 1.29 is 15.0 Å². The lowest BCUT2D eigenvalue weighted by molar-refractivity contribution is 0.0697. The number of carboxylic acids is 1. The van der Waals surface area contributed by atoms with Crippen LogP contribution in [0.3, 0.4) is 0 Å². The van der Waals surface area contributed by atoms with Gasteiger partial charge in [0.1, 0.15) is 0 Å². The summed E-state index contributed by atoms with van der Waals surface area (Å²) in [6.45, 7) is 3.27. The highest BCUT2D eigenvalue weighted by Crippen LogP contribution is 2.07. The minimum Gasteiger partial charge on any atom is -0.478 e. The summed E-state index contributed by atoms with van der Waals surface area (Å²) in [5, 5.41) is 18.3. The Hall–Kier alpha value is -1.39. The summed E-state index contributed by atoms with van der Waals surface area (Å²) in [4.78, 5) is 12.7. The predicted octanol–water partition coefficient (Wildman–Crippen LogP) is 1.59. The van der Waals surface area contributed by atoms with Crippen LogP contribution in [0.2, 0.25) is 0 Å². The Balaban J connectivity index is 2.54. The standard InChI is InChI=1S/C13H19NO3/c1-3-12(15)9-14(2)8-10-4-6-11(7-5-10)13(16)17/h4-7,12,15H,3,8-9H2,1-2H3,(H,16,17). The van der Waals surface area contributed by atoms with Crippen LogP contribution in [0.1, 0.15) is 29.3 Å². The van der Waals surface area contributed by atoms with Crippen molar-refractivity contribution in [1.82, 2.24) is 4.90 Å². The van der Waals surface area contributed by atoms with Gasteiger partial charge in [-0.2, -0.15) is 0 Å². The molecule has 0 aliphatic rings. The van der Waals surface area contributed by atoms with Crippen LogP contribution in [0.5, 0.6) is 0 Å². The second-order valence-electron chi connectivity index (χ2n) is 4.26. The van der Waals surface area contributed by atoms with Gasteiger partial charge in [-0.05, 0) is 31.2 Å². The van der Waals surface area contributed by atoms with Gasteiger partial charge in [0.25, 0.3) is 0 Å². The molecule has 1 aromatic rings. The van der Waals surface area contributed by atoms with Crippen molar-refractivity contribution in [3.05, 3.63) is 35.4 Å². The van der Waals surface area contributed by atoms with Gasteiger partial charge in [-0.15, -0.1) is 0 Å². The number of carbonyl (C=O) groups is 1. The van der Waals surface area contributed by atoms with Crippen LogP contribution in [0, 0.1) is 0 Å². The lowest BCUT2D eigenvalue weighted by Gasteiger charge is -2.19. The third kappa shape index (κ3) is 4.54. The second-order valence-corrected chi connectivity index (χ2v) is 4.26. The Labute approximate surface area is 101 Å². The summed E-state index contributed by atoms with van der Waals surface area (Å²) in [5.41, 5.74) is 1.34. The number of aliphatic hydroxyl groups excluding tert-OH is 1. The fourth-order valence-corrected chi connectivity index (χ4v) is 1.62. The van der Waals surface area contributed by atoms with Crippen molar-refractivity contribution in [2.75, 3.05) is 13.6 Å². The monoisotopic (exact) mass is 237 g/mol. The lowest BCUT2D eigenvalue weighted by atomic mass is 10.1. The molecule has 94 valence electrons. The van der Waals surface area contributed by atoms with E-state index in [0.29, 0.717) is 18.7 Å². The van der Waals surface area contributed by atoms with E-state index in [9.17, 15) is 9.90 Å². The second kappa shape index (κ2) is 6.37. The molecule has 0 aromatic heterocycles. The van der Waals surface area contributed by atoms with Crippen molar-refractivity contribution in [2.24, 2.45) is 0 Å². The average Bonchev–Trinajstić information content (AvgIpc) is 2.29. The molecule has 1 unspecified atom stereocenters. The molecule has 1 aromatic carbocycles. The number of nitrogens with zero attached hydrogens (tertiary/aromatic N) is 1. The van der Waals surface area contributed by atoms with E-state index in [0.717, 1.165) is 12.0 Å². The first-order valence-corrected chi connectivity index (χ1v) is 5.71. The summed E-state index contributed by atoms with van der Waals surface area (Å²) in [6, 6.07) is 6.81. The van der Waals surface area contributed by atoms with Crippen LogP contribution in [-0.2, 0) is 6.54 Å². The van der Waals surface area contributed by atoms with E-state index in [1.54, 1.807) is 24.3 Å². The maximum atomic E-state index is 10.7. The number of hydrogen-bond donors (Lipinski definition) is 2. The Bertz CT molecular complexity index is 361. The highest BCUT2D eigenvalue weighted by Gasteiger charge is 2.07. The van der Waals surface area contributed by atoms with Crippen LogP contribution in [0.25, 0.3) is 0 Å². The molecule has 0 aliphatic carbocycles. The zero-order valence-corrected chi connectivity index (χ0v) is 10.3. The van der Waals surface area contributed by atoms with Crippen LogP contribution in [0.4, 0.5) is 0 Å². The van der Waals surface area contributed by atoms with Crippen molar-refractivity contribution >= 4 is 5.97 Å². The largest absolute Gasteiger partial charge is 0.478 e. The molecule has 2 N–H and O–H groups in total. The van der Waals surface area contributed by atoms with Crippen molar-refractivity contribution in [1.29, 1.82) is 0 Å². The van der Waals surface area contributed by atoms with Crippen LogP contribution < -0.4 is 0 Å². The van der Waals surface area contributed by atoms with Gasteiger partial charge in [-0.1, -0.05) is 19.1 Å². The normalized spacial score (nSPS) is 12.7. The molecule has 0 fully saturated rings. The van der Waals surface area contributed by atoms with Crippen molar-refractivity contribution in [3.63, 3.8) is 0 Å². The smallest absolute Gasteiger partial charge is 0.335 e. The number of carboxylic acid groups (broad SMARTS) is 1. The van der Waals surface area contributed by atoms with E-state index in [4.69, 9.17) is 5.11 Å². The number of rotatable bonds is 6. The van der Waals surface area contributed by atoms with Gasteiger partial charge in [0, 0.05) is 13.1 Å². The quantitative estimate of drug-likeness (QED) is 0.788. The highest BCUT2D eigenvalue weighted by atomic mass is 16.4. The first kappa shape index (κ1) is 13.7. The summed E-state index contributed by atoms with van der Waals surface area (Å²) in [7, 11) is 1.93. The van der Waals surface area contributed by atoms with Gasteiger partial charge in [0.15, 0.2) is 0 Å². The van der Waals surface area contributed by atoms with E-state index >= 15 is 0 Å². The molecule has 0 saturated carbocycles. The molecule has 4 nitrogen and oxygen atoms in total. The van der Waals surface area contributed by atoms with E-state index in [-0.39, 0.29) is 6.10 Å². The molecule has 1 atom stereocenters. The minimum atomic E-state index is -0.911. The number of aliphatic hydroxyl groups is 1. The summed E-state index contributed by atoms with van der Waals surface area (Å²) in [6.07, 6.45) is 0.431. The first-order chi connectivity index (χ1) is 8.02. The minimum absolute atomic E-state index is 0.296. The molecule has 0 amide bonds. The molecular formula is C13H19NO3. The molecular weight excluding hydrogens is 218 g/mol. The highest BCUT2D eigenvalue weighted by molar-refractivity contribution is 5.87. The first-order valence-electron chi connectivity index (χ1n) is 5.71. The van der Waals surface area contributed by atoms with E-state index < -0.39 is 5.97 Å². The number of likely N-dealkylation sites (N-methyl/N-ethyl adjacent to an activating group) is 1. The van der Waals surface area contributed by atoms with Gasteiger partial charge in [0.05, 0.1) is 11.7 Å². The molecule has 0 spiro atoms. The average molecular weight is 237 g/mol. The molecule has 0 radical (unpaired) electrons. The molecule has 4 heteroatoms. The summed E-state index contributed by atoms with van der Waals surface area (Å²) < 4.78 is 0. The van der Waals surface area contributed by atoms with Crippen LogP contribution in [-0.4, -0.2) is 40.8 Å². The SMILES string of the molecule is CCC(O)CN(C)Cc1ccc(C(=O)O)cc1. The molecule has 0 saturated heterocycles. The number of aromatic carboxylic acids is 1. The predicted molar refractivity (Wildman–Crippen MR) is 66.0 cm³/mol. The van der Waals surface area contributed by atoms with Gasteiger partial charge in [-0.3, -0.25) is 4.90 Å². The molecule has 0 aliphatic heterocycles. The molecule has 0 bridgehead atoms. The summed E-state index contributed by atoms with van der Waals surface area (Å²) in [5.74, 6) is -0.911. The fourth-order valence-electron chi connectivity index (χ4n) is 1.62. The molecule has 0 heterocycles. The Morgan fingerprint density at radius 3 is 2.41 bits per heavy atom. The zero-order valence-electron chi connectivity index (χ0n) is 10.3. The third-order valence-corrected chi connectivity index (χ3v) is 2.65. The third-order valence-electron chi connectivity index (χ3n) is 2.65. The Morgan fingerprint density at radius 1 is 1.35 bits per heavy atom. The van der Waals surface area contributed by atoms with Crippen LogP contribution in [0.15, 0.2) is 24.3 Å². The van der Waals surface area contributed by atoms with Crippen molar-refractivity contribution in [2.45, 2.75) is 26.0 Å². The maximum absolute atomic E-state index is 10.7. The van der Waals surface area contributed by atoms with E-state index in [1.807, 2.05) is 18.9 Å². The summed E-state index contributed by atoms with van der Waals surface area (Å²) >= 11 is 0. The fraction of sp³-hybridized carbons (Fsp3) is 0.462. The van der Waals surface area contributed by atoms with Gasteiger partial charge in [0.2, 0.25) is 0 Å². The van der Waals surface area contributed by atoms with Gasteiger partial charge < -0.3 is 10.2 Å². The topological polar surface area (TPSA) is 60.8 Å². The maximum Gasteiger partial charge on any atom is 0.335 e. The van der Waals surface area contributed by atoms with Gasteiger partial charge in [-0.25, -0.2) is 4.79 Å².